The first kappa shape index (κ1) is 25.9. The van der Waals surface area contributed by atoms with Crippen LogP contribution in [0.2, 0.25) is 0 Å². The van der Waals surface area contributed by atoms with Crippen molar-refractivity contribution in [3.8, 4) is 0 Å². The summed E-state index contributed by atoms with van der Waals surface area (Å²) in [5.41, 5.74) is 2.24. The Morgan fingerprint density at radius 1 is 1.27 bits per heavy atom. The Kier molecular flexibility index (Phi) is 7.13. The van der Waals surface area contributed by atoms with Crippen molar-refractivity contribution < 1.29 is 27.2 Å². The van der Waals surface area contributed by atoms with E-state index in [-0.39, 0.29) is 36.3 Å². The minimum absolute atomic E-state index is 0.215. The van der Waals surface area contributed by atoms with Crippen molar-refractivity contribution in [3.05, 3.63) is 57.2 Å². The molecule has 14 heteroatoms. The van der Waals surface area contributed by atoms with Gasteiger partial charge in [-0.25, -0.2) is 15.0 Å². The van der Waals surface area contributed by atoms with Gasteiger partial charge >= 0.3 is 10.3 Å². The van der Waals surface area contributed by atoms with Crippen LogP contribution in [0.1, 0.15) is 56.1 Å². The maximum absolute atomic E-state index is 13.6. The molecule has 198 valence electrons. The summed E-state index contributed by atoms with van der Waals surface area (Å²) in [5, 5.41) is 13.5. The highest BCUT2D eigenvalue weighted by Crippen LogP contribution is 2.36. The number of fused-ring (bicyclic) bond motifs is 1. The lowest BCUT2D eigenvalue weighted by atomic mass is 10.1. The van der Waals surface area contributed by atoms with Crippen molar-refractivity contribution in [1.82, 2.24) is 24.2 Å². The molecule has 4 atom stereocenters. The topological polar surface area (TPSA) is 158 Å². The average Bonchev–Trinajstić information content (AvgIpc) is 3.55. The number of ketones is 1. The number of hydrogen-bond donors (Lipinski definition) is 3. The number of carbonyl (C=O) groups is 1. The van der Waals surface area contributed by atoms with E-state index >= 15 is 0 Å². The Balaban J connectivity index is 1.36. The minimum atomic E-state index is -3.95. The van der Waals surface area contributed by atoms with Crippen LogP contribution in [0.3, 0.4) is 0 Å². The summed E-state index contributed by atoms with van der Waals surface area (Å²) in [4.78, 5) is 27.9. The van der Waals surface area contributed by atoms with Crippen LogP contribution in [-0.2, 0) is 25.8 Å². The zero-order chi connectivity index (χ0) is 26.3. The number of thiophene rings is 1. The van der Waals surface area contributed by atoms with E-state index in [0.29, 0.717) is 17.3 Å². The molecule has 0 amide bonds. The van der Waals surface area contributed by atoms with E-state index in [4.69, 9.17) is 8.92 Å². The maximum Gasteiger partial charge on any atom is 0.335 e. The molecule has 1 saturated carbocycles. The molecule has 0 aromatic carbocycles. The van der Waals surface area contributed by atoms with Crippen molar-refractivity contribution in [2.45, 2.75) is 57.6 Å². The molecule has 0 radical (unpaired) electrons. The van der Waals surface area contributed by atoms with E-state index in [1.807, 2.05) is 26.1 Å². The first-order valence-corrected chi connectivity index (χ1v) is 14.0. The smallest absolute Gasteiger partial charge is 0.335 e. The zero-order valence-corrected chi connectivity index (χ0v) is 22.2. The summed E-state index contributed by atoms with van der Waals surface area (Å²) in [5.74, 6) is 0.884. The Hall–Kier alpha value is -2.75. The van der Waals surface area contributed by atoms with E-state index in [2.05, 4.69) is 29.6 Å². The number of aryl methyl sites for hydroxylation is 2. The second kappa shape index (κ2) is 10.2. The van der Waals surface area contributed by atoms with E-state index < -0.39 is 22.5 Å². The van der Waals surface area contributed by atoms with Crippen LogP contribution < -0.4 is 10.0 Å². The quantitative estimate of drug-likeness (QED) is 0.352. The van der Waals surface area contributed by atoms with Crippen LogP contribution >= 0.6 is 11.3 Å². The highest BCUT2D eigenvalue weighted by Gasteiger charge is 2.37. The molecule has 0 spiro atoms. The first-order chi connectivity index (χ1) is 17.7. The van der Waals surface area contributed by atoms with Gasteiger partial charge in [0.05, 0.1) is 23.2 Å². The van der Waals surface area contributed by atoms with Gasteiger partial charge in [-0.15, -0.1) is 11.3 Å². The largest absolute Gasteiger partial charge is 0.390 e. The lowest BCUT2D eigenvalue weighted by Gasteiger charge is -2.25. The number of aliphatic hydroxyl groups is 1. The third-order valence-corrected chi connectivity index (χ3v) is 8.72. The van der Waals surface area contributed by atoms with Gasteiger partial charge in [-0.2, -0.15) is 13.1 Å². The summed E-state index contributed by atoms with van der Waals surface area (Å²) in [6, 6.07) is 1.49. The second-order valence-corrected chi connectivity index (χ2v) is 11.8. The number of anilines is 1. The molecule has 37 heavy (non-hydrogen) atoms. The maximum atomic E-state index is 13.6. The lowest BCUT2D eigenvalue weighted by molar-refractivity contribution is 0.0423. The minimum Gasteiger partial charge on any atom is -0.390 e. The lowest BCUT2D eigenvalue weighted by Crippen LogP contribution is -2.31. The van der Waals surface area contributed by atoms with Gasteiger partial charge < -0.3 is 19.7 Å². The molecular weight excluding hydrogens is 520 g/mol. The summed E-state index contributed by atoms with van der Waals surface area (Å²) in [7, 11) is -2.72. The van der Waals surface area contributed by atoms with Gasteiger partial charge in [0, 0.05) is 48.2 Å². The van der Waals surface area contributed by atoms with Crippen LogP contribution in [-0.4, -0.2) is 70.7 Å². The van der Waals surface area contributed by atoms with Gasteiger partial charge in [0.15, 0.2) is 0 Å². The number of hydrogen-bond acceptors (Lipinski definition) is 11. The normalized spacial score (nSPS) is 23.7. The van der Waals surface area contributed by atoms with Gasteiger partial charge in [0.25, 0.3) is 0 Å². The standard InChI is InChI=1S/C23H28N6O6S2/c1-12-9-26-23-21(34-5-4-29(12)23)15-8-19(36-13(15)2)20(31)16-10-25-11-27-22(16)28-14-6-17(30)18(7-14)35-37(32,33)24-3/h8-11,14,17-18,21,24,30H,4-7H2,1-3H3,(H,25,27,28)/t14-,17+,18-,21-/m1/s1. The average molecular weight is 549 g/mol. The number of aromatic nitrogens is 4. The molecule has 3 aromatic heterocycles. The zero-order valence-electron chi connectivity index (χ0n) is 20.5. The predicted octanol–water partition coefficient (Wildman–Crippen LogP) is 1.49. The number of rotatable bonds is 8. The van der Waals surface area contributed by atoms with E-state index in [0.717, 1.165) is 28.5 Å². The Labute approximate surface area is 218 Å². The highest BCUT2D eigenvalue weighted by atomic mass is 32.2. The highest BCUT2D eigenvalue weighted by molar-refractivity contribution is 7.84. The van der Waals surface area contributed by atoms with Crippen LogP contribution in [0.25, 0.3) is 0 Å². The molecular formula is C23H28N6O6S2. The third kappa shape index (κ3) is 5.17. The third-order valence-electron chi connectivity index (χ3n) is 6.65. The molecule has 1 aliphatic heterocycles. The molecule has 2 aliphatic rings. The van der Waals surface area contributed by atoms with Gasteiger partial charge in [-0.3, -0.25) is 8.98 Å². The predicted molar refractivity (Wildman–Crippen MR) is 135 cm³/mol. The molecule has 1 aliphatic carbocycles. The Bertz CT molecular complexity index is 1420. The van der Waals surface area contributed by atoms with Crippen molar-refractivity contribution >= 4 is 33.2 Å². The molecule has 1 fully saturated rings. The van der Waals surface area contributed by atoms with E-state index in [1.54, 1.807) is 0 Å². The number of imidazole rings is 1. The monoisotopic (exact) mass is 548 g/mol. The summed E-state index contributed by atoms with van der Waals surface area (Å²) in [6.45, 7) is 5.26. The molecule has 5 rings (SSSR count). The summed E-state index contributed by atoms with van der Waals surface area (Å²) in [6.07, 6.45) is 2.80. The molecule has 0 bridgehead atoms. The number of ether oxygens (including phenoxy) is 1. The van der Waals surface area contributed by atoms with E-state index in [1.165, 1.54) is 30.9 Å². The fourth-order valence-corrected chi connectivity index (χ4v) is 6.39. The summed E-state index contributed by atoms with van der Waals surface area (Å²) >= 11 is 1.37. The fraction of sp³-hybridized carbons (Fsp3) is 0.478. The molecule has 4 heterocycles. The van der Waals surface area contributed by atoms with Gasteiger partial charge in [-0.1, -0.05) is 0 Å². The van der Waals surface area contributed by atoms with Crippen LogP contribution in [0.4, 0.5) is 5.82 Å². The molecule has 3 aromatic rings. The molecule has 12 nitrogen and oxygen atoms in total. The van der Waals surface area contributed by atoms with E-state index in [9.17, 15) is 18.3 Å². The van der Waals surface area contributed by atoms with Crippen LogP contribution in [0.15, 0.2) is 24.8 Å². The van der Waals surface area contributed by atoms with Crippen LogP contribution in [0.5, 0.6) is 0 Å². The molecule has 0 saturated heterocycles. The Morgan fingerprint density at radius 2 is 2.08 bits per heavy atom. The number of aliphatic hydroxyl groups excluding tert-OH is 1. The number of carbonyl (C=O) groups excluding carboxylic acids is 1. The first-order valence-electron chi connectivity index (χ1n) is 11.8. The van der Waals surface area contributed by atoms with Crippen molar-refractivity contribution in [2.75, 3.05) is 19.0 Å². The fourth-order valence-electron chi connectivity index (χ4n) is 4.76. The second-order valence-electron chi connectivity index (χ2n) is 9.07. The van der Waals surface area contributed by atoms with Gasteiger partial charge in [0.2, 0.25) is 5.78 Å². The van der Waals surface area contributed by atoms with Crippen molar-refractivity contribution in [2.24, 2.45) is 0 Å². The van der Waals surface area contributed by atoms with Crippen molar-refractivity contribution in [1.29, 1.82) is 0 Å². The molecule has 3 N–H and O–H groups in total. The SMILES string of the molecule is CNS(=O)(=O)O[C@@H]1C[C@H](Nc2ncncc2C(=O)c2cc([C@H]3OCCn4c(C)cnc43)c(C)s2)C[C@@H]1O. The summed E-state index contributed by atoms with van der Waals surface area (Å²) < 4.78 is 38.8. The van der Waals surface area contributed by atoms with Crippen molar-refractivity contribution in [3.63, 3.8) is 0 Å². The molecule has 0 unspecified atom stereocenters. The van der Waals surface area contributed by atoms with Gasteiger partial charge in [0.1, 0.15) is 30.2 Å². The Morgan fingerprint density at radius 3 is 2.86 bits per heavy atom. The number of nitrogens with zero attached hydrogens (tertiary/aromatic N) is 4. The van der Waals surface area contributed by atoms with Crippen LogP contribution in [0, 0.1) is 13.8 Å². The van der Waals surface area contributed by atoms with Gasteiger partial charge in [-0.05, 0) is 32.8 Å². The number of nitrogens with one attached hydrogen (secondary N) is 2.